The zero-order chi connectivity index (χ0) is 23.0. The van der Waals surface area contributed by atoms with Crippen molar-refractivity contribution in [2.75, 3.05) is 12.4 Å². The second-order valence-electron chi connectivity index (χ2n) is 7.81. The summed E-state index contributed by atoms with van der Waals surface area (Å²) in [6.07, 6.45) is -2.29. The van der Waals surface area contributed by atoms with Gasteiger partial charge in [-0.2, -0.15) is 12.6 Å². The Hall–Kier alpha value is -1.67. The van der Waals surface area contributed by atoms with Gasteiger partial charge in [0.15, 0.2) is 0 Å². The number of allylic oxidation sites excluding steroid dienone is 1. The Balaban J connectivity index is 0.00000107. The Bertz CT molecular complexity index is 821. The minimum atomic E-state index is -1.37. The zero-order valence-electron chi connectivity index (χ0n) is 18.2. The van der Waals surface area contributed by atoms with E-state index in [-0.39, 0.29) is 0 Å². The third-order valence-corrected chi connectivity index (χ3v) is 5.64. The van der Waals surface area contributed by atoms with E-state index in [4.69, 9.17) is 4.74 Å². The highest BCUT2D eigenvalue weighted by Crippen LogP contribution is 2.33. The largest absolute Gasteiger partial charge is 0.394 e. The Morgan fingerprint density at radius 1 is 1.00 bits per heavy atom. The molecule has 0 amide bonds. The average molecular weight is 447 g/mol. The molecule has 1 saturated heterocycles. The molecule has 5 nitrogen and oxygen atoms in total. The molecule has 5 atom stereocenters. The van der Waals surface area contributed by atoms with Crippen LogP contribution in [0.3, 0.4) is 0 Å². The lowest BCUT2D eigenvalue weighted by molar-refractivity contribution is -0.231. The van der Waals surface area contributed by atoms with E-state index in [1.54, 1.807) is 6.08 Å². The maximum absolute atomic E-state index is 10.4. The molecule has 0 spiro atoms. The molecule has 170 valence electrons. The van der Waals surface area contributed by atoms with Crippen molar-refractivity contribution in [2.45, 2.75) is 57.2 Å². The van der Waals surface area contributed by atoms with E-state index in [1.807, 2.05) is 32.0 Å². The molecule has 0 saturated carbocycles. The summed E-state index contributed by atoms with van der Waals surface area (Å²) >= 11 is 4.26. The minimum absolute atomic E-state index is 0.432. The standard InChI is InChI=1S/C22H28O5S.C3H6/c1-13-2-7-16(22-21(26)20(25)19(24)18(12-23)27-22)11-17(13)10-15-5-3-14(4-6-15)8-9-28;1-3-2/h2-7,11,18-26,28H,8-10,12H2,1H3;3H,1H2,2H3/t18-,19-,20+,21-,22+;/m1./s1. The monoisotopic (exact) mass is 446 g/mol. The summed E-state index contributed by atoms with van der Waals surface area (Å²) in [5.74, 6) is 0.819. The highest BCUT2D eigenvalue weighted by atomic mass is 32.1. The van der Waals surface area contributed by atoms with Gasteiger partial charge >= 0.3 is 0 Å². The van der Waals surface area contributed by atoms with Crippen molar-refractivity contribution in [3.05, 3.63) is 82.9 Å². The van der Waals surface area contributed by atoms with Gasteiger partial charge in [0, 0.05) is 0 Å². The SMILES string of the molecule is C=CC.Cc1ccc([C@@H]2O[C@H](CO)[C@@H](O)[C@H](O)[C@H]2O)cc1Cc1ccc(CCS)cc1. The smallest absolute Gasteiger partial charge is 0.113 e. The quantitative estimate of drug-likeness (QED) is 0.348. The number of hydrogen-bond donors (Lipinski definition) is 5. The Morgan fingerprint density at radius 3 is 2.19 bits per heavy atom. The summed E-state index contributed by atoms with van der Waals surface area (Å²) in [6, 6.07) is 14.2. The van der Waals surface area contributed by atoms with Crippen LogP contribution in [0.2, 0.25) is 0 Å². The van der Waals surface area contributed by atoms with E-state index in [2.05, 4.69) is 43.5 Å². The van der Waals surface area contributed by atoms with Crippen LogP contribution in [0.1, 0.15) is 40.8 Å². The van der Waals surface area contributed by atoms with Gasteiger partial charge in [0.05, 0.1) is 6.61 Å². The molecule has 0 aliphatic carbocycles. The molecule has 0 aromatic heterocycles. The summed E-state index contributed by atoms with van der Waals surface area (Å²) in [5, 5.41) is 39.8. The number of aliphatic hydroxyl groups excluding tert-OH is 4. The lowest BCUT2D eigenvalue weighted by Crippen LogP contribution is -2.55. The van der Waals surface area contributed by atoms with Crippen LogP contribution in [0.4, 0.5) is 0 Å². The van der Waals surface area contributed by atoms with Crippen LogP contribution >= 0.6 is 12.6 Å². The predicted molar refractivity (Wildman–Crippen MR) is 127 cm³/mol. The number of hydrogen-bond acceptors (Lipinski definition) is 6. The number of aliphatic hydroxyl groups is 4. The van der Waals surface area contributed by atoms with Crippen LogP contribution in [0.15, 0.2) is 55.1 Å². The van der Waals surface area contributed by atoms with Crippen molar-refractivity contribution in [3.63, 3.8) is 0 Å². The van der Waals surface area contributed by atoms with Crippen molar-refractivity contribution in [3.8, 4) is 0 Å². The summed E-state index contributed by atoms with van der Waals surface area (Å²) in [7, 11) is 0. The summed E-state index contributed by atoms with van der Waals surface area (Å²) < 4.78 is 5.69. The first-order valence-electron chi connectivity index (χ1n) is 10.5. The molecular formula is C25H34O5S. The first kappa shape index (κ1) is 25.6. The van der Waals surface area contributed by atoms with Crippen LogP contribution in [-0.4, -0.2) is 57.2 Å². The molecule has 2 aromatic rings. The van der Waals surface area contributed by atoms with Gasteiger partial charge < -0.3 is 25.2 Å². The van der Waals surface area contributed by atoms with Gasteiger partial charge in [-0.05, 0) is 60.3 Å². The maximum Gasteiger partial charge on any atom is 0.113 e. The van der Waals surface area contributed by atoms with Gasteiger partial charge in [0.25, 0.3) is 0 Å². The molecule has 4 N–H and O–H groups in total. The summed E-state index contributed by atoms with van der Waals surface area (Å²) in [5.41, 5.74) is 5.36. The molecule has 2 aromatic carbocycles. The highest BCUT2D eigenvalue weighted by molar-refractivity contribution is 7.80. The fourth-order valence-corrected chi connectivity index (χ4v) is 3.87. The van der Waals surface area contributed by atoms with Crippen LogP contribution in [-0.2, 0) is 17.6 Å². The topological polar surface area (TPSA) is 90.2 Å². The molecule has 3 rings (SSSR count). The van der Waals surface area contributed by atoms with Crippen LogP contribution in [0.25, 0.3) is 0 Å². The maximum atomic E-state index is 10.4. The molecule has 31 heavy (non-hydrogen) atoms. The molecule has 6 heteroatoms. The van der Waals surface area contributed by atoms with E-state index >= 15 is 0 Å². The van der Waals surface area contributed by atoms with Gasteiger partial charge in [-0.3, -0.25) is 0 Å². The molecule has 1 heterocycles. The summed E-state index contributed by atoms with van der Waals surface area (Å²) in [6.45, 7) is 6.85. The predicted octanol–water partition coefficient (Wildman–Crippen LogP) is 2.77. The molecule has 0 unspecified atom stereocenters. The van der Waals surface area contributed by atoms with E-state index in [1.165, 1.54) is 11.1 Å². The van der Waals surface area contributed by atoms with Crippen LogP contribution in [0.5, 0.6) is 0 Å². The fourth-order valence-electron chi connectivity index (χ4n) is 3.61. The lowest BCUT2D eigenvalue weighted by atomic mass is 9.89. The molecule has 1 aliphatic rings. The van der Waals surface area contributed by atoms with Gasteiger partial charge in [0.2, 0.25) is 0 Å². The second-order valence-corrected chi connectivity index (χ2v) is 8.26. The second kappa shape index (κ2) is 12.4. The Morgan fingerprint density at radius 2 is 1.61 bits per heavy atom. The van der Waals surface area contributed by atoms with E-state index < -0.39 is 37.1 Å². The third-order valence-electron chi connectivity index (χ3n) is 5.41. The average Bonchev–Trinajstić information content (AvgIpc) is 2.76. The van der Waals surface area contributed by atoms with Crippen molar-refractivity contribution >= 4 is 12.6 Å². The van der Waals surface area contributed by atoms with Crippen LogP contribution in [0, 0.1) is 6.92 Å². The van der Waals surface area contributed by atoms with Crippen molar-refractivity contribution in [2.24, 2.45) is 0 Å². The molecule has 0 bridgehead atoms. The number of aryl methyl sites for hydroxylation is 2. The fraction of sp³-hybridized carbons (Fsp3) is 0.440. The lowest BCUT2D eigenvalue weighted by Gasteiger charge is -2.40. The van der Waals surface area contributed by atoms with Gasteiger partial charge in [-0.15, -0.1) is 6.58 Å². The third kappa shape index (κ3) is 6.65. The molecule has 1 aliphatic heterocycles. The number of thiol groups is 1. The van der Waals surface area contributed by atoms with Gasteiger partial charge in [-0.25, -0.2) is 0 Å². The highest BCUT2D eigenvalue weighted by Gasteiger charge is 2.43. The number of benzene rings is 2. The first-order chi connectivity index (χ1) is 14.9. The van der Waals surface area contributed by atoms with E-state index in [0.717, 1.165) is 29.7 Å². The molecule has 1 fully saturated rings. The molecular weight excluding hydrogens is 412 g/mol. The zero-order valence-corrected chi connectivity index (χ0v) is 19.1. The number of ether oxygens (including phenoxy) is 1. The minimum Gasteiger partial charge on any atom is -0.394 e. The van der Waals surface area contributed by atoms with E-state index in [9.17, 15) is 20.4 Å². The van der Waals surface area contributed by atoms with Crippen molar-refractivity contribution in [1.82, 2.24) is 0 Å². The van der Waals surface area contributed by atoms with Crippen LogP contribution < -0.4 is 0 Å². The Labute approximate surface area is 190 Å². The molecule has 0 radical (unpaired) electrons. The first-order valence-corrected chi connectivity index (χ1v) is 11.1. The number of rotatable bonds is 6. The van der Waals surface area contributed by atoms with E-state index in [0.29, 0.717) is 5.56 Å². The summed E-state index contributed by atoms with van der Waals surface area (Å²) in [4.78, 5) is 0. The van der Waals surface area contributed by atoms with Gasteiger partial charge in [-0.1, -0.05) is 48.5 Å². The van der Waals surface area contributed by atoms with Crippen molar-refractivity contribution in [1.29, 1.82) is 0 Å². The van der Waals surface area contributed by atoms with Gasteiger partial charge in [0.1, 0.15) is 30.5 Å². The Kier molecular flexibility index (Phi) is 10.2. The normalized spacial score (nSPS) is 25.5. The van der Waals surface area contributed by atoms with Crippen molar-refractivity contribution < 1.29 is 25.2 Å².